The number of aliphatic hydroxyl groups is 1. The van der Waals surface area contributed by atoms with E-state index in [4.69, 9.17) is 14.9 Å². The third-order valence-electron chi connectivity index (χ3n) is 5.06. The molecule has 0 aliphatic carbocycles. The van der Waals surface area contributed by atoms with E-state index < -0.39 is 5.97 Å². The van der Waals surface area contributed by atoms with Crippen molar-refractivity contribution in [2.24, 2.45) is 0 Å². The molecule has 0 unspecified atom stereocenters. The summed E-state index contributed by atoms with van der Waals surface area (Å²) in [5.74, 6) is -0.895. The molecule has 3 radical (unpaired) electrons. The van der Waals surface area contributed by atoms with Crippen molar-refractivity contribution >= 4 is 67.8 Å². The van der Waals surface area contributed by atoms with Gasteiger partial charge in [0.2, 0.25) is 0 Å². The average molecular weight is 571 g/mol. The Kier molecular flexibility index (Phi) is 11.1. The summed E-state index contributed by atoms with van der Waals surface area (Å²) >= 11 is 6.87. The van der Waals surface area contributed by atoms with E-state index in [9.17, 15) is 4.79 Å². The molecule has 0 atom stereocenters. The lowest BCUT2D eigenvalue weighted by Gasteiger charge is -2.04. The van der Waals surface area contributed by atoms with Crippen molar-refractivity contribution in [2.45, 2.75) is 19.4 Å². The fourth-order valence-electron chi connectivity index (χ4n) is 3.42. The van der Waals surface area contributed by atoms with Crippen molar-refractivity contribution in [1.29, 1.82) is 0 Å². The third-order valence-corrected chi connectivity index (χ3v) is 6.44. The number of ether oxygens (including phenoxy) is 1. The van der Waals surface area contributed by atoms with Gasteiger partial charge in [-0.1, -0.05) is 86.5 Å². The number of benzene rings is 4. The van der Waals surface area contributed by atoms with E-state index in [1.165, 1.54) is 12.8 Å². The maximum atomic E-state index is 10.9. The number of halogens is 2. The van der Waals surface area contributed by atoms with Crippen LogP contribution >= 0.6 is 31.9 Å². The van der Waals surface area contributed by atoms with Gasteiger partial charge < -0.3 is 14.9 Å². The van der Waals surface area contributed by atoms with E-state index in [-0.39, 0.29) is 15.0 Å². The smallest absolute Gasteiger partial charge is 0.336 e. The summed E-state index contributed by atoms with van der Waals surface area (Å²) in [6.07, 6.45) is 2.56. The van der Waals surface area contributed by atoms with Gasteiger partial charge in [0.1, 0.15) is 0 Å². The highest BCUT2D eigenvalue weighted by molar-refractivity contribution is 9.11. The van der Waals surface area contributed by atoms with Crippen LogP contribution in [-0.2, 0) is 11.3 Å². The normalized spacial score (nSPS) is 12.2. The molecule has 0 amide bonds. The van der Waals surface area contributed by atoms with E-state index in [1.807, 2.05) is 60.7 Å². The highest BCUT2D eigenvalue weighted by Gasteiger charge is 2.09. The van der Waals surface area contributed by atoms with E-state index in [0.717, 1.165) is 49.3 Å². The van der Waals surface area contributed by atoms with Crippen LogP contribution in [0.1, 0.15) is 28.8 Å². The number of aromatic carboxylic acids is 1. The van der Waals surface area contributed by atoms with Gasteiger partial charge in [-0.25, -0.2) is 4.79 Å². The Bertz CT molecular complexity index is 1200. The maximum Gasteiger partial charge on any atom is 0.336 e. The lowest BCUT2D eigenvalue weighted by molar-refractivity contribution is 0.0699. The van der Waals surface area contributed by atoms with Crippen LogP contribution in [0, 0.1) is 0 Å². The highest BCUT2D eigenvalue weighted by atomic mass is 79.9. The Balaban J connectivity index is 0.000000189. The molecule has 1 aliphatic heterocycles. The molecule has 4 nitrogen and oxygen atoms in total. The highest BCUT2D eigenvalue weighted by Crippen LogP contribution is 2.27. The van der Waals surface area contributed by atoms with Crippen molar-refractivity contribution in [3.63, 3.8) is 0 Å². The fraction of sp³-hybridized carbons (Fsp3) is 0.192. The minimum absolute atomic E-state index is 0. The Hall–Kier alpha value is -2.19. The summed E-state index contributed by atoms with van der Waals surface area (Å²) in [6, 6.07) is 22.7. The van der Waals surface area contributed by atoms with E-state index in [2.05, 4.69) is 31.9 Å². The lowest BCUT2D eigenvalue weighted by Crippen LogP contribution is -1.97. The standard InChI is InChI=1S/C11H7BrO2.C11H9BrO.C4H8O.B/c12-10-6-5-9(11(13)14)7-3-1-2-4-8(7)10;12-11-6-5-8(7-13)9-3-1-2-4-10(9)11;1-2-4-5-3-1;/h1-6H,(H,13,14);1-6,13H,7H2;1-4H2;. The molecular formula is C26H24BBr2O4. The van der Waals surface area contributed by atoms with Gasteiger partial charge in [0, 0.05) is 30.6 Å². The van der Waals surface area contributed by atoms with Crippen LogP contribution in [0.5, 0.6) is 0 Å². The second-order valence-corrected chi connectivity index (χ2v) is 8.88. The van der Waals surface area contributed by atoms with Crippen molar-refractivity contribution in [2.75, 3.05) is 13.2 Å². The predicted octanol–water partition coefficient (Wildman–Crippen LogP) is 6.81. The molecule has 1 fully saturated rings. The molecule has 5 rings (SSSR count). The molecule has 0 bridgehead atoms. The minimum Gasteiger partial charge on any atom is -0.478 e. The predicted molar refractivity (Wildman–Crippen MR) is 142 cm³/mol. The fourth-order valence-corrected chi connectivity index (χ4v) is 4.38. The molecule has 169 valence electrons. The maximum absolute atomic E-state index is 10.9. The Morgan fingerprint density at radius 3 is 1.73 bits per heavy atom. The van der Waals surface area contributed by atoms with E-state index >= 15 is 0 Å². The first-order chi connectivity index (χ1) is 15.5. The van der Waals surface area contributed by atoms with Gasteiger partial charge in [-0.2, -0.15) is 0 Å². The van der Waals surface area contributed by atoms with Crippen LogP contribution in [0.2, 0.25) is 0 Å². The summed E-state index contributed by atoms with van der Waals surface area (Å²) in [6.45, 7) is 2.09. The van der Waals surface area contributed by atoms with Crippen LogP contribution in [0.3, 0.4) is 0 Å². The van der Waals surface area contributed by atoms with Crippen LogP contribution in [-0.4, -0.2) is 37.8 Å². The van der Waals surface area contributed by atoms with Crippen LogP contribution in [0.25, 0.3) is 21.5 Å². The van der Waals surface area contributed by atoms with E-state index in [0.29, 0.717) is 5.56 Å². The van der Waals surface area contributed by atoms with Crippen molar-refractivity contribution in [3.8, 4) is 0 Å². The number of fused-ring (bicyclic) bond motifs is 2. The van der Waals surface area contributed by atoms with Crippen LogP contribution in [0.15, 0.2) is 81.7 Å². The number of carboxylic acid groups (broad SMARTS) is 1. The zero-order valence-corrected chi connectivity index (χ0v) is 21.2. The summed E-state index contributed by atoms with van der Waals surface area (Å²) < 4.78 is 6.93. The molecule has 0 aromatic heterocycles. The molecule has 1 heterocycles. The lowest BCUT2D eigenvalue weighted by atomic mass is 10.1. The van der Waals surface area contributed by atoms with Gasteiger partial charge in [0.25, 0.3) is 0 Å². The zero-order valence-electron chi connectivity index (χ0n) is 18.0. The molecule has 1 aliphatic rings. The van der Waals surface area contributed by atoms with Gasteiger partial charge >= 0.3 is 5.97 Å². The summed E-state index contributed by atoms with van der Waals surface area (Å²) in [5, 5.41) is 22.0. The molecule has 4 aromatic rings. The van der Waals surface area contributed by atoms with Crippen LogP contribution in [0.4, 0.5) is 0 Å². The van der Waals surface area contributed by atoms with Crippen molar-refractivity contribution in [3.05, 3.63) is 92.9 Å². The number of carbonyl (C=O) groups is 1. The van der Waals surface area contributed by atoms with Gasteiger partial charge in [-0.15, -0.1) is 0 Å². The number of carboxylic acids is 1. The number of hydrogen-bond donors (Lipinski definition) is 2. The number of rotatable bonds is 2. The number of hydrogen-bond acceptors (Lipinski definition) is 3. The monoisotopic (exact) mass is 569 g/mol. The molecule has 7 heteroatoms. The van der Waals surface area contributed by atoms with Crippen LogP contribution < -0.4 is 0 Å². The van der Waals surface area contributed by atoms with Crippen molar-refractivity contribution < 1.29 is 19.7 Å². The topological polar surface area (TPSA) is 66.8 Å². The first-order valence-electron chi connectivity index (χ1n) is 10.3. The Morgan fingerprint density at radius 2 is 1.24 bits per heavy atom. The molecular weight excluding hydrogens is 547 g/mol. The zero-order chi connectivity index (χ0) is 22.9. The average Bonchev–Trinajstić information content (AvgIpc) is 3.41. The second kappa shape index (κ2) is 13.5. The third kappa shape index (κ3) is 7.15. The summed E-state index contributed by atoms with van der Waals surface area (Å²) in [7, 11) is 0. The SMILES string of the molecule is C1CCOC1.O=C(O)c1ccc(Br)c2ccccc12.OCc1ccc(Br)c2ccccc12.[B]. The molecule has 0 spiro atoms. The molecule has 33 heavy (non-hydrogen) atoms. The first kappa shape index (κ1) is 27.1. The van der Waals surface area contributed by atoms with Gasteiger partial charge in [-0.3, -0.25) is 0 Å². The summed E-state index contributed by atoms with van der Waals surface area (Å²) in [5.41, 5.74) is 1.31. The van der Waals surface area contributed by atoms with Crippen molar-refractivity contribution in [1.82, 2.24) is 0 Å². The van der Waals surface area contributed by atoms with Gasteiger partial charge in [-0.05, 0) is 58.1 Å². The number of aliphatic hydroxyl groups excluding tert-OH is 1. The van der Waals surface area contributed by atoms with Gasteiger partial charge in [0.05, 0.1) is 12.2 Å². The largest absolute Gasteiger partial charge is 0.478 e. The first-order valence-corrected chi connectivity index (χ1v) is 11.9. The quantitative estimate of drug-likeness (QED) is 0.260. The molecule has 2 N–H and O–H groups in total. The molecule has 1 saturated heterocycles. The van der Waals surface area contributed by atoms with Gasteiger partial charge in [0.15, 0.2) is 0 Å². The summed E-state index contributed by atoms with van der Waals surface area (Å²) in [4.78, 5) is 10.9. The Morgan fingerprint density at radius 1 is 0.758 bits per heavy atom. The second-order valence-electron chi connectivity index (χ2n) is 7.18. The minimum atomic E-state index is -0.895. The molecule has 0 saturated carbocycles. The molecule has 4 aromatic carbocycles. The Labute approximate surface area is 212 Å². The van der Waals surface area contributed by atoms with E-state index in [1.54, 1.807) is 12.1 Å².